The van der Waals surface area contributed by atoms with Gasteiger partial charge in [-0.05, 0) is 24.5 Å². The number of furan rings is 1. The Balaban J connectivity index is 1.48. The van der Waals surface area contributed by atoms with Gasteiger partial charge in [0.15, 0.2) is 5.82 Å². The zero-order valence-corrected chi connectivity index (χ0v) is 17.4. The van der Waals surface area contributed by atoms with E-state index in [0.29, 0.717) is 5.92 Å². The Labute approximate surface area is 171 Å². The Hall–Kier alpha value is -2.67. The van der Waals surface area contributed by atoms with Crippen molar-refractivity contribution in [2.45, 2.75) is 52.7 Å². The second kappa shape index (κ2) is 8.37. The molecular weight excluding hydrogens is 366 g/mol. The highest BCUT2D eigenvalue weighted by atomic mass is 16.3. The van der Waals surface area contributed by atoms with Crippen molar-refractivity contribution in [2.24, 2.45) is 5.92 Å². The van der Waals surface area contributed by atoms with Crippen molar-refractivity contribution in [1.29, 1.82) is 0 Å². The number of carbonyl (C=O) groups excluding carboxylic acids is 1. The van der Waals surface area contributed by atoms with Gasteiger partial charge in [-0.3, -0.25) is 9.69 Å². The minimum Gasteiger partial charge on any atom is -0.460 e. The summed E-state index contributed by atoms with van der Waals surface area (Å²) in [6.45, 7) is 9.26. The minimum atomic E-state index is -0.101. The summed E-state index contributed by atoms with van der Waals surface area (Å²) in [5.74, 6) is 3.27. The van der Waals surface area contributed by atoms with E-state index in [-0.39, 0.29) is 11.9 Å². The maximum atomic E-state index is 11.7. The van der Waals surface area contributed by atoms with Crippen LogP contribution in [0.15, 0.2) is 34.7 Å². The molecule has 29 heavy (non-hydrogen) atoms. The number of amides is 1. The van der Waals surface area contributed by atoms with Gasteiger partial charge in [-0.1, -0.05) is 32.0 Å². The molecule has 7 heteroatoms. The molecule has 2 aromatic heterocycles. The van der Waals surface area contributed by atoms with Gasteiger partial charge in [0.1, 0.15) is 17.2 Å². The maximum Gasteiger partial charge on any atom is 0.217 e. The van der Waals surface area contributed by atoms with Crippen LogP contribution in [0.3, 0.4) is 0 Å². The van der Waals surface area contributed by atoms with Crippen LogP contribution in [-0.4, -0.2) is 38.7 Å². The van der Waals surface area contributed by atoms with Crippen molar-refractivity contribution in [1.82, 2.24) is 25.0 Å². The lowest BCUT2D eigenvalue weighted by molar-refractivity contribution is -0.119. The van der Waals surface area contributed by atoms with Crippen molar-refractivity contribution >= 4 is 16.9 Å². The molecule has 1 aromatic carbocycles. The second-order valence-electron chi connectivity index (χ2n) is 8.29. The SMILES string of the molecule is CC(=O)NC(CC(C)C)c1nnc2n1CCN(Cc1cc3ccccc3o1)CC2. The monoisotopic (exact) mass is 395 g/mol. The first-order valence-corrected chi connectivity index (χ1v) is 10.4. The van der Waals surface area contributed by atoms with Gasteiger partial charge in [-0.25, -0.2) is 0 Å². The molecule has 1 atom stereocenters. The van der Waals surface area contributed by atoms with Crippen LogP contribution in [-0.2, 0) is 24.3 Å². The van der Waals surface area contributed by atoms with E-state index < -0.39 is 0 Å². The molecule has 0 radical (unpaired) electrons. The highest BCUT2D eigenvalue weighted by molar-refractivity contribution is 5.77. The fraction of sp³-hybridized carbons (Fsp3) is 0.500. The Bertz CT molecular complexity index is 957. The number of benzene rings is 1. The first-order valence-electron chi connectivity index (χ1n) is 10.4. The summed E-state index contributed by atoms with van der Waals surface area (Å²) in [5.41, 5.74) is 0.934. The van der Waals surface area contributed by atoms with E-state index in [0.717, 1.165) is 67.4 Å². The van der Waals surface area contributed by atoms with E-state index in [2.05, 4.69) is 51.0 Å². The molecule has 0 saturated heterocycles. The third kappa shape index (κ3) is 4.50. The summed E-state index contributed by atoms with van der Waals surface area (Å²) >= 11 is 0. The van der Waals surface area contributed by atoms with E-state index in [4.69, 9.17) is 4.42 Å². The number of fused-ring (bicyclic) bond motifs is 2. The van der Waals surface area contributed by atoms with E-state index in [1.807, 2.05) is 18.2 Å². The van der Waals surface area contributed by atoms with Crippen LogP contribution < -0.4 is 5.32 Å². The lowest BCUT2D eigenvalue weighted by atomic mass is 10.0. The largest absolute Gasteiger partial charge is 0.460 e. The highest BCUT2D eigenvalue weighted by Crippen LogP contribution is 2.24. The van der Waals surface area contributed by atoms with Crippen LogP contribution in [0.4, 0.5) is 0 Å². The summed E-state index contributed by atoms with van der Waals surface area (Å²) in [7, 11) is 0. The predicted octanol–water partition coefficient (Wildman–Crippen LogP) is 3.31. The summed E-state index contributed by atoms with van der Waals surface area (Å²) in [4.78, 5) is 14.1. The van der Waals surface area contributed by atoms with Crippen LogP contribution in [0, 0.1) is 5.92 Å². The Morgan fingerprint density at radius 3 is 2.79 bits per heavy atom. The van der Waals surface area contributed by atoms with Crippen LogP contribution in [0.5, 0.6) is 0 Å². The van der Waals surface area contributed by atoms with Crippen LogP contribution in [0.25, 0.3) is 11.0 Å². The van der Waals surface area contributed by atoms with Crippen molar-refractivity contribution in [3.05, 3.63) is 47.7 Å². The molecule has 1 amide bonds. The third-order valence-corrected chi connectivity index (χ3v) is 5.40. The van der Waals surface area contributed by atoms with Gasteiger partial charge in [0, 0.05) is 38.4 Å². The molecule has 1 unspecified atom stereocenters. The second-order valence-corrected chi connectivity index (χ2v) is 8.29. The number of nitrogens with one attached hydrogen (secondary N) is 1. The number of nitrogens with zero attached hydrogens (tertiary/aromatic N) is 4. The number of hydrogen-bond acceptors (Lipinski definition) is 5. The van der Waals surface area contributed by atoms with E-state index >= 15 is 0 Å². The Morgan fingerprint density at radius 2 is 2.03 bits per heavy atom. The molecule has 0 spiro atoms. The average Bonchev–Trinajstić information content (AvgIpc) is 3.20. The standard InChI is InChI=1S/C22H29N5O2/c1-15(2)12-19(23-16(3)28)22-25-24-21-8-9-26(10-11-27(21)22)14-18-13-17-6-4-5-7-20(17)29-18/h4-7,13,15,19H,8-12,14H2,1-3H3,(H,23,28). The molecule has 0 saturated carbocycles. The lowest BCUT2D eigenvalue weighted by Crippen LogP contribution is -2.31. The smallest absolute Gasteiger partial charge is 0.217 e. The zero-order valence-electron chi connectivity index (χ0n) is 17.4. The maximum absolute atomic E-state index is 11.7. The number of aromatic nitrogens is 3. The lowest BCUT2D eigenvalue weighted by Gasteiger charge is -2.21. The Kier molecular flexibility index (Phi) is 5.67. The zero-order chi connectivity index (χ0) is 20.4. The van der Waals surface area contributed by atoms with Crippen LogP contribution >= 0.6 is 0 Å². The number of para-hydroxylation sites is 1. The molecule has 1 aliphatic heterocycles. The van der Waals surface area contributed by atoms with Gasteiger partial charge < -0.3 is 14.3 Å². The van der Waals surface area contributed by atoms with Gasteiger partial charge in [0.25, 0.3) is 0 Å². The van der Waals surface area contributed by atoms with Crippen LogP contribution in [0.2, 0.25) is 0 Å². The molecule has 0 bridgehead atoms. The molecule has 3 aromatic rings. The van der Waals surface area contributed by atoms with E-state index in [1.54, 1.807) is 6.92 Å². The van der Waals surface area contributed by atoms with Gasteiger partial charge >= 0.3 is 0 Å². The van der Waals surface area contributed by atoms with Gasteiger partial charge in [-0.2, -0.15) is 0 Å². The van der Waals surface area contributed by atoms with Crippen molar-refractivity contribution in [2.75, 3.05) is 13.1 Å². The molecule has 154 valence electrons. The number of hydrogen-bond donors (Lipinski definition) is 1. The fourth-order valence-corrected chi connectivity index (χ4v) is 4.09. The third-order valence-electron chi connectivity index (χ3n) is 5.40. The summed E-state index contributed by atoms with van der Waals surface area (Å²) in [6.07, 6.45) is 1.68. The fourth-order valence-electron chi connectivity index (χ4n) is 4.09. The van der Waals surface area contributed by atoms with Gasteiger partial charge in [-0.15, -0.1) is 10.2 Å². The van der Waals surface area contributed by atoms with E-state index in [9.17, 15) is 4.79 Å². The number of carbonyl (C=O) groups is 1. The molecule has 7 nitrogen and oxygen atoms in total. The molecular formula is C22H29N5O2. The highest BCUT2D eigenvalue weighted by Gasteiger charge is 2.25. The summed E-state index contributed by atoms with van der Waals surface area (Å²) < 4.78 is 8.19. The average molecular weight is 396 g/mol. The van der Waals surface area contributed by atoms with Crippen molar-refractivity contribution in [3.63, 3.8) is 0 Å². The first-order chi connectivity index (χ1) is 14.0. The van der Waals surface area contributed by atoms with Crippen molar-refractivity contribution in [3.8, 4) is 0 Å². The normalized spacial score (nSPS) is 16.0. The Morgan fingerprint density at radius 1 is 1.21 bits per heavy atom. The topological polar surface area (TPSA) is 76.2 Å². The summed E-state index contributed by atoms with van der Waals surface area (Å²) in [6, 6.07) is 10.1. The molecule has 0 aliphatic carbocycles. The number of rotatable bonds is 6. The quantitative estimate of drug-likeness (QED) is 0.693. The van der Waals surface area contributed by atoms with Crippen molar-refractivity contribution < 1.29 is 9.21 Å². The summed E-state index contributed by atoms with van der Waals surface area (Å²) in [5, 5.41) is 13.1. The van der Waals surface area contributed by atoms with Gasteiger partial charge in [0.2, 0.25) is 5.91 Å². The molecule has 1 aliphatic rings. The van der Waals surface area contributed by atoms with E-state index in [1.165, 1.54) is 0 Å². The molecule has 0 fully saturated rings. The molecule has 1 N–H and O–H groups in total. The predicted molar refractivity (Wildman–Crippen MR) is 111 cm³/mol. The first kappa shape index (κ1) is 19.6. The van der Waals surface area contributed by atoms with Crippen LogP contribution in [0.1, 0.15) is 50.6 Å². The van der Waals surface area contributed by atoms with Gasteiger partial charge in [0.05, 0.1) is 12.6 Å². The molecule has 4 rings (SSSR count). The molecule has 3 heterocycles. The minimum absolute atomic E-state index is 0.0341.